The maximum atomic E-state index is 10.1. The fraction of sp³-hybridized carbons (Fsp3) is 0.846. The number of aliphatic carboxylic acids is 2. The van der Waals surface area contributed by atoms with Crippen molar-refractivity contribution in [1.29, 1.82) is 0 Å². The largest absolute Gasteiger partial charge is 0.481 e. The van der Waals surface area contributed by atoms with Crippen molar-refractivity contribution in [3.8, 4) is 0 Å². The number of carboxylic acid groups (broad SMARTS) is 2. The lowest BCUT2D eigenvalue weighted by Crippen LogP contribution is -2.15. The van der Waals surface area contributed by atoms with Crippen molar-refractivity contribution >= 4 is 11.9 Å². The molecule has 0 spiro atoms. The molecule has 1 unspecified atom stereocenters. The average molecular weight is 277 g/mol. The highest BCUT2D eigenvalue weighted by molar-refractivity contribution is 5.66. The molecule has 0 amide bonds. The number of ether oxygens (including phenoxy) is 1. The average Bonchev–Trinajstić information content (AvgIpc) is 2.32. The highest BCUT2D eigenvalue weighted by Crippen LogP contribution is 2.08. The SMILES string of the molecule is COC(C)N.O=C(O)CCCCCCCCC(=O)O. The lowest BCUT2D eigenvalue weighted by atomic mass is 10.1. The van der Waals surface area contributed by atoms with Gasteiger partial charge in [0.15, 0.2) is 0 Å². The van der Waals surface area contributed by atoms with Gasteiger partial charge in [-0.1, -0.05) is 25.7 Å². The van der Waals surface area contributed by atoms with Crippen LogP contribution in [-0.4, -0.2) is 35.5 Å². The Morgan fingerprint density at radius 3 is 1.42 bits per heavy atom. The lowest BCUT2D eigenvalue weighted by molar-refractivity contribution is -0.138. The van der Waals surface area contributed by atoms with Gasteiger partial charge in [-0.15, -0.1) is 0 Å². The summed E-state index contributed by atoms with van der Waals surface area (Å²) < 4.78 is 4.53. The van der Waals surface area contributed by atoms with Gasteiger partial charge in [-0.05, 0) is 19.8 Å². The Morgan fingerprint density at radius 1 is 0.947 bits per heavy atom. The maximum absolute atomic E-state index is 10.1. The number of hydrogen-bond donors (Lipinski definition) is 3. The van der Waals surface area contributed by atoms with Gasteiger partial charge in [0.2, 0.25) is 0 Å². The molecule has 0 aromatic carbocycles. The van der Waals surface area contributed by atoms with Crippen molar-refractivity contribution in [2.45, 2.75) is 64.5 Å². The normalized spacial score (nSPS) is 11.3. The molecule has 0 aromatic rings. The monoisotopic (exact) mass is 277 g/mol. The van der Waals surface area contributed by atoms with Gasteiger partial charge in [0.25, 0.3) is 0 Å². The molecule has 0 saturated carbocycles. The van der Waals surface area contributed by atoms with Gasteiger partial charge in [-0.25, -0.2) is 0 Å². The standard InChI is InChI=1S/C10H18O4.C3H9NO/c11-9(12)7-5-3-1-2-4-6-8-10(13)14;1-3(4)5-2/h1-8H2,(H,11,12)(H,13,14);3H,4H2,1-2H3. The van der Waals surface area contributed by atoms with Gasteiger partial charge in [-0.2, -0.15) is 0 Å². The molecule has 6 nitrogen and oxygen atoms in total. The summed E-state index contributed by atoms with van der Waals surface area (Å²) in [6, 6.07) is 0. The minimum atomic E-state index is -0.740. The second-order valence-corrected chi connectivity index (χ2v) is 4.35. The van der Waals surface area contributed by atoms with E-state index >= 15 is 0 Å². The minimum Gasteiger partial charge on any atom is -0.481 e. The molecule has 0 heterocycles. The summed E-state index contributed by atoms with van der Waals surface area (Å²) in [5.74, 6) is -1.48. The lowest BCUT2D eigenvalue weighted by Gasteiger charge is -1.98. The van der Waals surface area contributed by atoms with Gasteiger partial charge < -0.3 is 20.7 Å². The molecule has 0 aliphatic rings. The zero-order chi connectivity index (χ0) is 15.1. The van der Waals surface area contributed by atoms with Gasteiger partial charge in [0.1, 0.15) is 6.23 Å². The second kappa shape index (κ2) is 14.9. The molecule has 1 atom stereocenters. The van der Waals surface area contributed by atoms with Crippen molar-refractivity contribution in [3.05, 3.63) is 0 Å². The van der Waals surface area contributed by atoms with E-state index in [-0.39, 0.29) is 19.1 Å². The highest BCUT2D eigenvalue weighted by atomic mass is 16.5. The Morgan fingerprint density at radius 2 is 1.21 bits per heavy atom. The van der Waals surface area contributed by atoms with E-state index in [0.717, 1.165) is 38.5 Å². The van der Waals surface area contributed by atoms with E-state index < -0.39 is 11.9 Å². The molecular formula is C13H27NO5. The molecule has 0 aromatic heterocycles. The summed E-state index contributed by atoms with van der Waals surface area (Å²) in [7, 11) is 1.57. The Labute approximate surface area is 114 Å². The van der Waals surface area contributed by atoms with E-state index in [4.69, 9.17) is 15.9 Å². The molecule has 0 rings (SSSR count). The number of nitrogens with two attached hydrogens (primary N) is 1. The van der Waals surface area contributed by atoms with E-state index in [1.165, 1.54) is 0 Å². The maximum Gasteiger partial charge on any atom is 0.303 e. The summed E-state index contributed by atoms with van der Waals surface area (Å²) in [4.78, 5) is 20.3. The predicted octanol–water partition coefficient (Wildman–Crippen LogP) is 2.21. The minimum absolute atomic E-state index is 0.116. The third-order valence-electron chi connectivity index (χ3n) is 2.40. The number of rotatable bonds is 10. The van der Waals surface area contributed by atoms with Crippen LogP contribution in [0.4, 0.5) is 0 Å². The molecular weight excluding hydrogens is 250 g/mol. The Hall–Kier alpha value is -1.14. The second-order valence-electron chi connectivity index (χ2n) is 4.35. The van der Waals surface area contributed by atoms with Crippen LogP contribution in [0.25, 0.3) is 0 Å². The fourth-order valence-electron chi connectivity index (χ4n) is 1.26. The summed E-state index contributed by atoms with van der Waals surface area (Å²) in [6.07, 6.45) is 5.71. The van der Waals surface area contributed by atoms with Gasteiger partial charge >= 0.3 is 11.9 Å². The quantitative estimate of drug-likeness (QED) is 0.417. The summed E-state index contributed by atoms with van der Waals surface area (Å²) in [5.41, 5.74) is 5.07. The van der Waals surface area contributed by atoms with Crippen LogP contribution in [0.1, 0.15) is 58.3 Å². The number of hydrogen-bond acceptors (Lipinski definition) is 4. The molecule has 114 valence electrons. The molecule has 0 fully saturated rings. The van der Waals surface area contributed by atoms with Crippen LogP contribution in [0.15, 0.2) is 0 Å². The van der Waals surface area contributed by atoms with Crippen molar-refractivity contribution in [2.75, 3.05) is 7.11 Å². The smallest absolute Gasteiger partial charge is 0.303 e. The summed E-state index contributed by atoms with van der Waals surface area (Å²) >= 11 is 0. The summed E-state index contributed by atoms with van der Waals surface area (Å²) in [5, 5.41) is 16.7. The molecule has 4 N–H and O–H groups in total. The molecule has 0 radical (unpaired) electrons. The molecule has 19 heavy (non-hydrogen) atoms. The van der Waals surface area contributed by atoms with Crippen LogP contribution in [0.2, 0.25) is 0 Å². The first kappa shape index (κ1) is 20.2. The zero-order valence-corrected chi connectivity index (χ0v) is 11.9. The zero-order valence-electron chi connectivity index (χ0n) is 11.9. The van der Waals surface area contributed by atoms with Crippen molar-refractivity contribution < 1.29 is 24.5 Å². The Bertz CT molecular complexity index is 211. The van der Waals surface area contributed by atoms with E-state index in [1.807, 2.05) is 0 Å². The third-order valence-corrected chi connectivity index (χ3v) is 2.40. The Kier molecular flexibility index (Phi) is 15.8. The summed E-state index contributed by atoms with van der Waals surface area (Å²) in [6.45, 7) is 1.78. The number of carboxylic acids is 2. The van der Waals surface area contributed by atoms with Crippen LogP contribution >= 0.6 is 0 Å². The van der Waals surface area contributed by atoms with Crippen molar-refractivity contribution in [2.24, 2.45) is 5.73 Å². The van der Waals surface area contributed by atoms with Gasteiger partial charge in [-0.3, -0.25) is 9.59 Å². The van der Waals surface area contributed by atoms with E-state index in [9.17, 15) is 9.59 Å². The molecule has 0 aliphatic heterocycles. The van der Waals surface area contributed by atoms with Crippen molar-refractivity contribution in [1.82, 2.24) is 0 Å². The highest BCUT2D eigenvalue weighted by Gasteiger charge is 1.98. The third kappa shape index (κ3) is 26.5. The van der Waals surface area contributed by atoms with Crippen LogP contribution in [0.3, 0.4) is 0 Å². The van der Waals surface area contributed by atoms with Crippen LogP contribution in [-0.2, 0) is 14.3 Å². The molecule has 0 bridgehead atoms. The van der Waals surface area contributed by atoms with E-state index in [1.54, 1.807) is 14.0 Å². The topological polar surface area (TPSA) is 110 Å². The van der Waals surface area contributed by atoms with Gasteiger partial charge in [0, 0.05) is 20.0 Å². The molecule has 0 saturated heterocycles. The Balaban J connectivity index is 0. The first-order valence-corrected chi connectivity index (χ1v) is 6.62. The molecule has 0 aliphatic carbocycles. The van der Waals surface area contributed by atoms with E-state index in [2.05, 4.69) is 4.74 Å². The fourth-order valence-corrected chi connectivity index (χ4v) is 1.26. The van der Waals surface area contributed by atoms with Crippen LogP contribution < -0.4 is 5.73 Å². The van der Waals surface area contributed by atoms with Crippen molar-refractivity contribution in [3.63, 3.8) is 0 Å². The predicted molar refractivity (Wildman–Crippen MR) is 72.9 cm³/mol. The molecule has 6 heteroatoms. The van der Waals surface area contributed by atoms with Gasteiger partial charge in [0.05, 0.1) is 0 Å². The number of unbranched alkanes of at least 4 members (excludes halogenated alkanes) is 5. The van der Waals surface area contributed by atoms with Crippen LogP contribution in [0, 0.1) is 0 Å². The number of methoxy groups -OCH3 is 1. The number of carbonyl (C=O) groups is 2. The first-order valence-electron chi connectivity index (χ1n) is 6.62. The van der Waals surface area contributed by atoms with Crippen LogP contribution in [0.5, 0.6) is 0 Å². The first-order chi connectivity index (χ1) is 8.90. The van der Waals surface area contributed by atoms with E-state index in [0.29, 0.717) is 0 Å².